The van der Waals surface area contributed by atoms with E-state index in [0.717, 1.165) is 16.0 Å². The van der Waals surface area contributed by atoms with Crippen molar-refractivity contribution in [3.05, 3.63) is 70.8 Å². The summed E-state index contributed by atoms with van der Waals surface area (Å²) in [6.07, 6.45) is 0.694. The molecule has 146 valence electrons. The van der Waals surface area contributed by atoms with Crippen molar-refractivity contribution in [3.63, 3.8) is 0 Å². The fourth-order valence-corrected chi connectivity index (χ4v) is 3.35. The van der Waals surface area contributed by atoms with Crippen LogP contribution in [-0.2, 0) is 21.5 Å². The van der Waals surface area contributed by atoms with Gasteiger partial charge in [-0.15, -0.1) is 0 Å². The highest BCUT2D eigenvalue weighted by atomic mass is 16.2. The van der Waals surface area contributed by atoms with Crippen molar-refractivity contribution < 1.29 is 14.4 Å². The predicted molar refractivity (Wildman–Crippen MR) is 107 cm³/mol. The van der Waals surface area contributed by atoms with Gasteiger partial charge in [0.25, 0.3) is 5.91 Å². The zero-order chi connectivity index (χ0) is 20.3. The molecule has 1 aliphatic heterocycles. The molecule has 0 spiro atoms. The van der Waals surface area contributed by atoms with E-state index in [1.165, 1.54) is 5.56 Å². The zero-order valence-electron chi connectivity index (χ0n) is 16.4. The Morgan fingerprint density at radius 3 is 2.43 bits per heavy atom. The van der Waals surface area contributed by atoms with E-state index in [2.05, 4.69) is 10.6 Å². The van der Waals surface area contributed by atoms with Crippen molar-refractivity contribution in [2.45, 2.75) is 32.7 Å². The van der Waals surface area contributed by atoms with Gasteiger partial charge in [-0.25, -0.2) is 4.79 Å². The van der Waals surface area contributed by atoms with Crippen LogP contribution >= 0.6 is 0 Å². The van der Waals surface area contributed by atoms with E-state index in [1.54, 1.807) is 6.92 Å². The van der Waals surface area contributed by atoms with E-state index in [-0.39, 0.29) is 12.5 Å². The van der Waals surface area contributed by atoms with Gasteiger partial charge in [-0.05, 0) is 43.9 Å². The number of aryl methyl sites for hydroxylation is 2. The van der Waals surface area contributed by atoms with Gasteiger partial charge >= 0.3 is 6.03 Å². The molecular formula is C22H25N3O3. The van der Waals surface area contributed by atoms with Crippen LogP contribution in [0.3, 0.4) is 0 Å². The molecule has 1 unspecified atom stereocenters. The average molecular weight is 379 g/mol. The van der Waals surface area contributed by atoms with Gasteiger partial charge in [0.1, 0.15) is 12.1 Å². The molecule has 1 aliphatic rings. The van der Waals surface area contributed by atoms with E-state index in [0.29, 0.717) is 18.5 Å². The minimum Gasteiger partial charge on any atom is -0.354 e. The van der Waals surface area contributed by atoms with Crippen LogP contribution in [0, 0.1) is 13.8 Å². The predicted octanol–water partition coefficient (Wildman–Crippen LogP) is 2.43. The maximum Gasteiger partial charge on any atom is 0.325 e. The summed E-state index contributed by atoms with van der Waals surface area (Å²) in [6, 6.07) is 14.8. The van der Waals surface area contributed by atoms with Crippen LogP contribution in [0.15, 0.2) is 48.5 Å². The summed E-state index contributed by atoms with van der Waals surface area (Å²) in [5.41, 5.74) is 2.92. The normalized spacial score (nSPS) is 18.9. The summed E-state index contributed by atoms with van der Waals surface area (Å²) in [5, 5.41) is 5.51. The topological polar surface area (TPSA) is 78.5 Å². The second-order valence-electron chi connectivity index (χ2n) is 7.34. The highest BCUT2D eigenvalue weighted by Gasteiger charge is 2.49. The Balaban J connectivity index is 1.60. The van der Waals surface area contributed by atoms with Gasteiger partial charge < -0.3 is 10.6 Å². The number of carbonyl (C=O) groups is 3. The number of rotatable bonds is 6. The molecule has 1 saturated heterocycles. The van der Waals surface area contributed by atoms with Gasteiger partial charge in [0, 0.05) is 6.54 Å². The Morgan fingerprint density at radius 2 is 1.75 bits per heavy atom. The van der Waals surface area contributed by atoms with Gasteiger partial charge in [-0.1, -0.05) is 54.1 Å². The lowest BCUT2D eigenvalue weighted by Gasteiger charge is -2.22. The van der Waals surface area contributed by atoms with E-state index in [1.807, 2.05) is 62.4 Å². The van der Waals surface area contributed by atoms with Crippen molar-refractivity contribution in [1.82, 2.24) is 15.5 Å². The fraction of sp³-hybridized carbons (Fsp3) is 0.318. The minimum absolute atomic E-state index is 0.292. The summed E-state index contributed by atoms with van der Waals surface area (Å²) in [7, 11) is 0. The maximum atomic E-state index is 12.9. The molecule has 6 heteroatoms. The highest BCUT2D eigenvalue weighted by Crippen LogP contribution is 2.28. The standard InChI is InChI=1S/C22H25N3O3/c1-15-8-10-18(11-9-15)22(3)20(27)25(21(28)24-22)14-19(26)23-13-12-17-7-5-4-6-16(17)2/h4-11H,12-14H2,1-3H3,(H,23,26)(H,24,28). The molecule has 1 heterocycles. The van der Waals surface area contributed by atoms with E-state index >= 15 is 0 Å². The lowest BCUT2D eigenvalue weighted by atomic mass is 9.91. The van der Waals surface area contributed by atoms with E-state index < -0.39 is 17.5 Å². The van der Waals surface area contributed by atoms with Crippen molar-refractivity contribution in [1.29, 1.82) is 0 Å². The number of nitrogens with zero attached hydrogens (tertiary/aromatic N) is 1. The Bertz CT molecular complexity index is 907. The second kappa shape index (κ2) is 7.84. The van der Waals surface area contributed by atoms with Crippen molar-refractivity contribution in [2.24, 2.45) is 0 Å². The molecule has 2 N–H and O–H groups in total. The quantitative estimate of drug-likeness (QED) is 0.757. The van der Waals surface area contributed by atoms with Gasteiger partial charge in [0.2, 0.25) is 5.91 Å². The molecule has 1 atom stereocenters. The smallest absolute Gasteiger partial charge is 0.325 e. The lowest BCUT2D eigenvalue weighted by Crippen LogP contribution is -2.43. The lowest BCUT2D eigenvalue weighted by molar-refractivity contribution is -0.134. The number of carbonyl (C=O) groups excluding carboxylic acids is 3. The van der Waals surface area contributed by atoms with Crippen molar-refractivity contribution >= 4 is 17.8 Å². The van der Waals surface area contributed by atoms with Crippen LogP contribution in [0.5, 0.6) is 0 Å². The number of benzene rings is 2. The molecule has 0 saturated carbocycles. The number of nitrogens with one attached hydrogen (secondary N) is 2. The third kappa shape index (κ3) is 3.91. The van der Waals surface area contributed by atoms with Crippen molar-refractivity contribution in [3.8, 4) is 0 Å². The molecular weight excluding hydrogens is 354 g/mol. The molecule has 2 aromatic rings. The molecule has 0 bridgehead atoms. The van der Waals surface area contributed by atoms with Crippen LogP contribution in [0.4, 0.5) is 4.79 Å². The van der Waals surface area contributed by atoms with Crippen LogP contribution in [0.25, 0.3) is 0 Å². The molecule has 0 aliphatic carbocycles. The molecule has 4 amide bonds. The Morgan fingerprint density at radius 1 is 1.07 bits per heavy atom. The summed E-state index contributed by atoms with van der Waals surface area (Å²) in [4.78, 5) is 38.4. The van der Waals surface area contributed by atoms with Gasteiger partial charge in [0.05, 0.1) is 0 Å². The van der Waals surface area contributed by atoms with Crippen LogP contribution in [0.2, 0.25) is 0 Å². The summed E-state index contributed by atoms with van der Waals surface area (Å²) >= 11 is 0. The molecule has 0 aromatic heterocycles. The van der Waals surface area contributed by atoms with E-state index in [4.69, 9.17) is 0 Å². The number of urea groups is 1. The first-order valence-electron chi connectivity index (χ1n) is 9.34. The summed E-state index contributed by atoms with van der Waals surface area (Å²) < 4.78 is 0. The van der Waals surface area contributed by atoms with Crippen LogP contribution in [0.1, 0.15) is 29.2 Å². The summed E-state index contributed by atoms with van der Waals surface area (Å²) in [5.74, 6) is -0.777. The van der Waals surface area contributed by atoms with Gasteiger partial charge in [0.15, 0.2) is 0 Å². The zero-order valence-corrected chi connectivity index (χ0v) is 16.4. The monoisotopic (exact) mass is 379 g/mol. The first-order chi connectivity index (χ1) is 13.3. The number of hydrogen-bond donors (Lipinski definition) is 2. The third-order valence-electron chi connectivity index (χ3n) is 5.18. The second-order valence-corrected chi connectivity index (χ2v) is 7.34. The molecule has 6 nitrogen and oxygen atoms in total. The maximum absolute atomic E-state index is 12.9. The number of imide groups is 1. The first kappa shape index (κ1) is 19.6. The third-order valence-corrected chi connectivity index (χ3v) is 5.18. The van der Waals surface area contributed by atoms with Crippen LogP contribution in [-0.4, -0.2) is 35.8 Å². The first-order valence-corrected chi connectivity index (χ1v) is 9.34. The summed E-state index contributed by atoms with van der Waals surface area (Å²) in [6.45, 7) is 5.79. The molecule has 28 heavy (non-hydrogen) atoms. The molecule has 3 rings (SSSR count). The fourth-order valence-electron chi connectivity index (χ4n) is 3.35. The molecule has 2 aromatic carbocycles. The number of hydrogen-bond acceptors (Lipinski definition) is 3. The van der Waals surface area contributed by atoms with Gasteiger partial charge in [-0.2, -0.15) is 0 Å². The van der Waals surface area contributed by atoms with E-state index in [9.17, 15) is 14.4 Å². The molecule has 1 fully saturated rings. The Hall–Kier alpha value is -3.15. The Kier molecular flexibility index (Phi) is 5.49. The average Bonchev–Trinajstić information content (AvgIpc) is 2.88. The SMILES string of the molecule is Cc1ccc(C2(C)NC(=O)N(CC(=O)NCCc3ccccc3C)C2=O)cc1. The highest BCUT2D eigenvalue weighted by molar-refractivity contribution is 6.09. The minimum atomic E-state index is -1.16. The number of amides is 4. The Labute approximate surface area is 164 Å². The largest absolute Gasteiger partial charge is 0.354 e. The molecule has 0 radical (unpaired) electrons. The van der Waals surface area contributed by atoms with Crippen LogP contribution < -0.4 is 10.6 Å². The van der Waals surface area contributed by atoms with Crippen molar-refractivity contribution in [2.75, 3.05) is 13.1 Å². The van der Waals surface area contributed by atoms with Gasteiger partial charge in [-0.3, -0.25) is 14.5 Å².